The molecular formula is C29H31F3N6O3S. The van der Waals surface area contributed by atoms with Gasteiger partial charge in [-0.2, -0.15) is 13.2 Å². The Hall–Kier alpha value is -4.23. The minimum atomic E-state index is -4.63. The fourth-order valence-electron chi connectivity index (χ4n) is 4.60. The van der Waals surface area contributed by atoms with Crippen LogP contribution in [0.15, 0.2) is 66.7 Å². The summed E-state index contributed by atoms with van der Waals surface area (Å²) < 4.78 is 40.2. The van der Waals surface area contributed by atoms with Crippen molar-refractivity contribution < 1.29 is 27.6 Å². The Balaban J connectivity index is 1.27. The normalized spacial score (nSPS) is 15.2. The number of halogens is 3. The zero-order valence-electron chi connectivity index (χ0n) is 22.7. The zero-order chi connectivity index (χ0) is 30.4. The number of aryl methyl sites for hydroxylation is 1. The van der Waals surface area contributed by atoms with Crippen LogP contribution in [0.25, 0.3) is 0 Å². The summed E-state index contributed by atoms with van der Waals surface area (Å²) in [6.07, 6.45) is -3.95. The van der Waals surface area contributed by atoms with E-state index in [1.54, 1.807) is 12.1 Å². The Kier molecular flexibility index (Phi) is 9.63. The number of nitrogens with one attached hydrogen (secondary N) is 3. The maximum absolute atomic E-state index is 13.0. The first-order valence-corrected chi connectivity index (χ1v) is 13.5. The Morgan fingerprint density at radius 2 is 1.81 bits per heavy atom. The molecule has 0 aromatic heterocycles. The number of nitrogens with two attached hydrogens (primary N) is 1. The molecule has 0 spiro atoms. The highest BCUT2D eigenvalue weighted by Crippen LogP contribution is 2.31. The average Bonchev–Trinajstić information content (AvgIpc) is 3.38. The maximum Gasteiger partial charge on any atom is 0.416 e. The molecule has 222 valence electrons. The molecule has 3 aromatic rings. The first-order chi connectivity index (χ1) is 19.9. The number of urea groups is 1. The van der Waals surface area contributed by atoms with Crippen molar-refractivity contribution in [2.75, 3.05) is 35.0 Å². The number of nitrogens with zero attached hydrogens (tertiary/aromatic N) is 2. The van der Waals surface area contributed by atoms with Crippen LogP contribution in [-0.4, -0.2) is 48.4 Å². The molecule has 1 saturated heterocycles. The van der Waals surface area contributed by atoms with Crippen molar-refractivity contribution in [3.8, 4) is 0 Å². The van der Waals surface area contributed by atoms with E-state index in [9.17, 15) is 27.6 Å². The first kappa shape index (κ1) is 30.7. The molecule has 1 unspecified atom stereocenters. The van der Waals surface area contributed by atoms with Crippen LogP contribution in [0, 0.1) is 6.92 Å². The van der Waals surface area contributed by atoms with E-state index >= 15 is 0 Å². The number of anilines is 3. The summed E-state index contributed by atoms with van der Waals surface area (Å²) in [5, 5.41) is 7.99. The molecular weight excluding hydrogens is 569 g/mol. The van der Waals surface area contributed by atoms with E-state index in [0.29, 0.717) is 43.5 Å². The molecule has 1 aliphatic heterocycles. The van der Waals surface area contributed by atoms with Gasteiger partial charge in [-0.25, -0.2) is 9.10 Å². The van der Waals surface area contributed by atoms with Gasteiger partial charge in [0.25, 0.3) is 5.91 Å². The van der Waals surface area contributed by atoms with Gasteiger partial charge in [0.15, 0.2) is 0 Å². The number of para-hydroxylation sites is 1. The third-order valence-corrected chi connectivity index (χ3v) is 7.19. The van der Waals surface area contributed by atoms with Gasteiger partial charge in [0, 0.05) is 37.1 Å². The summed E-state index contributed by atoms with van der Waals surface area (Å²) >= 11 is 4.42. The van der Waals surface area contributed by atoms with E-state index < -0.39 is 36.1 Å². The lowest BCUT2D eigenvalue weighted by Crippen LogP contribution is -2.43. The largest absolute Gasteiger partial charge is 0.416 e. The molecule has 1 heterocycles. The number of nitrogen functional groups attached to an aromatic ring is 1. The molecule has 13 heteroatoms. The van der Waals surface area contributed by atoms with Crippen molar-refractivity contribution in [3.63, 3.8) is 0 Å². The molecule has 4 amide bonds. The van der Waals surface area contributed by atoms with E-state index in [1.807, 2.05) is 43.3 Å². The predicted octanol–water partition coefficient (Wildman–Crippen LogP) is 4.60. The Morgan fingerprint density at radius 1 is 1.07 bits per heavy atom. The van der Waals surface area contributed by atoms with Crippen LogP contribution in [-0.2, 0) is 17.5 Å². The maximum atomic E-state index is 13.0. The number of rotatable bonds is 8. The predicted molar refractivity (Wildman–Crippen MR) is 158 cm³/mol. The van der Waals surface area contributed by atoms with Crippen LogP contribution in [0.1, 0.15) is 33.5 Å². The second-order valence-electron chi connectivity index (χ2n) is 10.00. The molecule has 1 atom stereocenters. The van der Waals surface area contributed by atoms with Gasteiger partial charge >= 0.3 is 12.2 Å². The van der Waals surface area contributed by atoms with E-state index in [1.165, 1.54) is 4.31 Å². The molecule has 1 aliphatic rings. The molecule has 0 radical (unpaired) electrons. The number of alkyl halides is 3. The molecule has 3 aromatic carbocycles. The number of amides is 4. The first-order valence-electron chi connectivity index (χ1n) is 13.1. The van der Waals surface area contributed by atoms with Crippen LogP contribution < -0.4 is 26.0 Å². The number of benzene rings is 3. The third-order valence-electron chi connectivity index (χ3n) is 6.80. The van der Waals surface area contributed by atoms with Gasteiger partial charge in [0.2, 0.25) is 5.91 Å². The number of likely N-dealkylation sites (tertiary alicyclic amines) is 1. The van der Waals surface area contributed by atoms with E-state index in [0.717, 1.165) is 23.3 Å². The third kappa shape index (κ3) is 7.95. The number of carbonyl (C=O) groups is 3. The van der Waals surface area contributed by atoms with Crippen LogP contribution >= 0.6 is 12.8 Å². The number of hydrogen-bond acceptors (Lipinski definition) is 6. The SMILES string of the molecule is Cc1ccc(CN2CCC(NC(=O)CNC(=O)c3cc(C(F)(F)F)ccc3N)C2)cc1N(S)C(=O)Nc1ccccc1. The van der Waals surface area contributed by atoms with Gasteiger partial charge in [0.05, 0.1) is 23.4 Å². The van der Waals surface area contributed by atoms with Gasteiger partial charge in [-0.3, -0.25) is 14.5 Å². The number of thiol groups is 1. The average molecular weight is 601 g/mol. The van der Waals surface area contributed by atoms with Gasteiger partial charge in [0.1, 0.15) is 0 Å². The van der Waals surface area contributed by atoms with Crippen LogP contribution in [0.4, 0.5) is 35.0 Å². The summed E-state index contributed by atoms with van der Waals surface area (Å²) in [7, 11) is 0. The van der Waals surface area contributed by atoms with Crippen molar-refractivity contribution in [2.24, 2.45) is 0 Å². The lowest BCUT2D eigenvalue weighted by atomic mass is 10.1. The monoisotopic (exact) mass is 600 g/mol. The Morgan fingerprint density at radius 3 is 2.52 bits per heavy atom. The summed E-state index contributed by atoms with van der Waals surface area (Å²) in [5.41, 5.74) is 7.32. The Bertz CT molecular complexity index is 1450. The molecule has 9 nitrogen and oxygen atoms in total. The summed E-state index contributed by atoms with van der Waals surface area (Å²) in [6.45, 7) is 3.32. The second kappa shape index (κ2) is 13.2. The lowest BCUT2D eigenvalue weighted by molar-refractivity contribution is -0.137. The highest BCUT2D eigenvalue weighted by atomic mass is 32.1. The standard InChI is InChI=1S/C29H31F3N6O3S/c1-18-7-8-19(13-25(18)38(42)28(41)36-21-5-3-2-4-6-21)16-37-12-11-22(17-37)35-26(39)15-34-27(40)23-14-20(29(30,31)32)9-10-24(23)33/h2-10,13-14,22,42H,11-12,15-17,33H2,1H3,(H,34,40)(H,35,39)(H,36,41). The molecule has 42 heavy (non-hydrogen) atoms. The van der Waals surface area contributed by atoms with Crippen LogP contribution in [0.2, 0.25) is 0 Å². The van der Waals surface area contributed by atoms with Crippen molar-refractivity contribution >= 4 is 47.7 Å². The number of carbonyl (C=O) groups excluding carboxylic acids is 3. The van der Waals surface area contributed by atoms with Gasteiger partial charge in [-0.15, -0.1) is 0 Å². The van der Waals surface area contributed by atoms with Crippen molar-refractivity contribution in [3.05, 3.63) is 89.0 Å². The zero-order valence-corrected chi connectivity index (χ0v) is 23.6. The van der Waals surface area contributed by atoms with E-state index in [2.05, 4.69) is 33.7 Å². The summed E-state index contributed by atoms with van der Waals surface area (Å²) in [6, 6.07) is 16.7. The summed E-state index contributed by atoms with van der Waals surface area (Å²) in [4.78, 5) is 39.7. The van der Waals surface area contributed by atoms with Crippen molar-refractivity contribution in [2.45, 2.75) is 32.1 Å². The van der Waals surface area contributed by atoms with Crippen molar-refractivity contribution in [1.29, 1.82) is 0 Å². The molecule has 0 bridgehead atoms. The molecule has 0 aliphatic carbocycles. The highest BCUT2D eigenvalue weighted by molar-refractivity contribution is 7.82. The Labute approximate surface area is 246 Å². The molecule has 4 rings (SSSR count). The molecule has 0 saturated carbocycles. The quantitative estimate of drug-likeness (QED) is 0.191. The van der Waals surface area contributed by atoms with Crippen molar-refractivity contribution in [1.82, 2.24) is 15.5 Å². The molecule has 1 fully saturated rings. The fourth-order valence-corrected chi connectivity index (χ4v) is 4.87. The van der Waals surface area contributed by atoms with Crippen LogP contribution in [0.5, 0.6) is 0 Å². The minimum Gasteiger partial charge on any atom is -0.398 e. The van der Waals surface area contributed by atoms with Gasteiger partial charge < -0.3 is 21.7 Å². The second-order valence-corrected chi connectivity index (χ2v) is 10.4. The minimum absolute atomic E-state index is 0.121. The number of hydrogen-bond donors (Lipinski definition) is 5. The van der Waals surface area contributed by atoms with Gasteiger partial charge in [-0.1, -0.05) is 43.1 Å². The summed E-state index contributed by atoms with van der Waals surface area (Å²) in [5.74, 6) is -1.33. The highest BCUT2D eigenvalue weighted by Gasteiger charge is 2.32. The topological polar surface area (TPSA) is 120 Å². The molecule has 5 N–H and O–H groups in total. The van der Waals surface area contributed by atoms with E-state index in [-0.39, 0.29) is 17.3 Å². The lowest BCUT2D eigenvalue weighted by Gasteiger charge is -2.21. The smallest absolute Gasteiger partial charge is 0.398 e. The van der Waals surface area contributed by atoms with Crippen LogP contribution in [0.3, 0.4) is 0 Å². The van der Waals surface area contributed by atoms with E-state index in [4.69, 9.17) is 5.73 Å². The van der Waals surface area contributed by atoms with Gasteiger partial charge in [-0.05, 0) is 60.9 Å². The fraction of sp³-hybridized carbons (Fsp3) is 0.276.